The van der Waals surface area contributed by atoms with E-state index in [2.05, 4.69) is 48.3 Å². The lowest BCUT2D eigenvalue weighted by molar-refractivity contribution is 0.415. The summed E-state index contributed by atoms with van der Waals surface area (Å²) >= 11 is 0. The maximum atomic E-state index is 5.67. The van der Waals surface area contributed by atoms with Gasteiger partial charge in [0, 0.05) is 25.8 Å². The molecule has 3 nitrogen and oxygen atoms in total. The maximum absolute atomic E-state index is 5.67. The van der Waals surface area contributed by atoms with Crippen LogP contribution in [0, 0.1) is 0 Å². The standard InChI is InChI=1S/C16H20N2O/c1-18(15-6-8-16(19-2)9-7-15)12-14-5-3-4-13(10-14)11-17/h3-10H,11-12,17H2,1-2H3. The number of methoxy groups -OCH3 is 1. The second-order valence-corrected chi connectivity index (χ2v) is 4.58. The smallest absolute Gasteiger partial charge is 0.119 e. The van der Waals surface area contributed by atoms with Gasteiger partial charge >= 0.3 is 0 Å². The van der Waals surface area contributed by atoms with E-state index in [1.165, 1.54) is 16.8 Å². The molecule has 0 fully saturated rings. The van der Waals surface area contributed by atoms with Gasteiger partial charge in [0.05, 0.1) is 7.11 Å². The van der Waals surface area contributed by atoms with E-state index in [0.29, 0.717) is 6.54 Å². The molecule has 100 valence electrons. The lowest BCUT2D eigenvalue weighted by Gasteiger charge is -2.20. The van der Waals surface area contributed by atoms with Gasteiger partial charge < -0.3 is 15.4 Å². The van der Waals surface area contributed by atoms with Gasteiger partial charge in [0.25, 0.3) is 0 Å². The highest BCUT2D eigenvalue weighted by atomic mass is 16.5. The van der Waals surface area contributed by atoms with Gasteiger partial charge in [-0.15, -0.1) is 0 Å². The van der Waals surface area contributed by atoms with Crippen LogP contribution in [0.1, 0.15) is 11.1 Å². The first-order valence-electron chi connectivity index (χ1n) is 6.36. The predicted octanol–water partition coefficient (Wildman–Crippen LogP) is 2.79. The Labute approximate surface area is 114 Å². The number of hydrogen-bond donors (Lipinski definition) is 1. The van der Waals surface area contributed by atoms with Crippen LogP contribution in [0.25, 0.3) is 0 Å². The first-order valence-corrected chi connectivity index (χ1v) is 6.36. The van der Waals surface area contributed by atoms with Crippen LogP contribution in [-0.4, -0.2) is 14.2 Å². The second kappa shape index (κ2) is 6.25. The fraction of sp³-hybridized carbons (Fsp3) is 0.250. The molecule has 0 atom stereocenters. The molecule has 2 rings (SSSR count). The largest absolute Gasteiger partial charge is 0.497 e. The van der Waals surface area contributed by atoms with Crippen LogP contribution < -0.4 is 15.4 Å². The molecule has 0 spiro atoms. The minimum atomic E-state index is 0.583. The molecule has 2 aromatic rings. The average molecular weight is 256 g/mol. The average Bonchev–Trinajstić information content (AvgIpc) is 2.47. The van der Waals surface area contributed by atoms with Crippen LogP contribution >= 0.6 is 0 Å². The molecule has 0 radical (unpaired) electrons. The Morgan fingerprint density at radius 3 is 2.37 bits per heavy atom. The number of nitrogens with zero attached hydrogens (tertiary/aromatic N) is 1. The second-order valence-electron chi connectivity index (χ2n) is 4.58. The Bertz CT molecular complexity index is 523. The lowest BCUT2D eigenvalue weighted by Crippen LogP contribution is -2.16. The van der Waals surface area contributed by atoms with Crippen LogP contribution in [0.15, 0.2) is 48.5 Å². The molecule has 0 aromatic heterocycles. The normalized spacial score (nSPS) is 10.3. The van der Waals surface area contributed by atoms with Crippen molar-refractivity contribution < 1.29 is 4.74 Å². The van der Waals surface area contributed by atoms with Crippen molar-refractivity contribution in [2.75, 3.05) is 19.1 Å². The number of ether oxygens (including phenoxy) is 1. The molecule has 0 aliphatic heterocycles. The number of nitrogens with two attached hydrogens (primary N) is 1. The summed E-state index contributed by atoms with van der Waals surface area (Å²) in [5.74, 6) is 0.877. The summed E-state index contributed by atoms with van der Waals surface area (Å²) in [7, 11) is 3.76. The lowest BCUT2D eigenvalue weighted by atomic mass is 10.1. The van der Waals surface area contributed by atoms with Gasteiger partial charge in [-0.25, -0.2) is 0 Å². The Morgan fingerprint density at radius 1 is 1.05 bits per heavy atom. The van der Waals surface area contributed by atoms with Crippen LogP contribution in [-0.2, 0) is 13.1 Å². The SMILES string of the molecule is COc1ccc(N(C)Cc2cccc(CN)c2)cc1. The third kappa shape index (κ3) is 3.48. The molecule has 0 aliphatic carbocycles. The Hall–Kier alpha value is -2.00. The van der Waals surface area contributed by atoms with Crippen molar-refractivity contribution in [3.8, 4) is 5.75 Å². The summed E-state index contributed by atoms with van der Waals surface area (Å²) < 4.78 is 5.17. The van der Waals surface area contributed by atoms with Gasteiger partial charge in [0.1, 0.15) is 5.75 Å². The van der Waals surface area contributed by atoms with Crippen molar-refractivity contribution in [1.29, 1.82) is 0 Å². The van der Waals surface area contributed by atoms with E-state index in [-0.39, 0.29) is 0 Å². The van der Waals surface area contributed by atoms with Gasteiger partial charge in [0.15, 0.2) is 0 Å². The summed E-state index contributed by atoms with van der Waals surface area (Å²) in [4.78, 5) is 2.20. The minimum absolute atomic E-state index is 0.583. The van der Waals surface area contributed by atoms with Gasteiger partial charge in [-0.1, -0.05) is 24.3 Å². The summed E-state index contributed by atoms with van der Waals surface area (Å²) in [6, 6.07) is 16.5. The summed E-state index contributed by atoms with van der Waals surface area (Å²) in [5.41, 5.74) is 9.26. The fourth-order valence-electron chi connectivity index (χ4n) is 2.06. The number of hydrogen-bond acceptors (Lipinski definition) is 3. The summed E-state index contributed by atoms with van der Waals surface area (Å²) in [5, 5.41) is 0. The minimum Gasteiger partial charge on any atom is -0.497 e. The van der Waals surface area contributed by atoms with E-state index in [1.807, 2.05) is 12.1 Å². The third-order valence-corrected chi connectivity index (χ3v) is 3.16. The Kier molecular flexibility index (Phi) is 4.42. The molecule has 19 heavy (non-hydrogen) atoms. The highest BCUT2D eigenvalue weighted by Crippen LogP contribution is 2.20. The van der Waals surface area contributed by atoms with E-state index in [4.69, 9.17) is 10.5 Å². The molecule has 3 heteroatoms. The van der Waals surface area contributed by atoms with Crippen LogP contribution in [0.3, 0.4) is 0 Å². The number of anilines is 1. The predicted molar refractivity (Wildman–Crippen MR) is 79.4 cm³/mol. The molecule has 0 saturated heterocycles. The molecular formula is C16H20N2O. The molecule has 0 bridgehead atoms. The fourth-order valence-corrected chi connectivity index (χ4v) is 2.06. The van der Waals surface area contributed by atoms with E-state index >= 15 is 0 Å². The first-order chi connectivity index (χ1) is 9.22. The first kappa shape index (κ1) is 13.4. The van der Waals surface area contributed by atoms with Gasteiger partial charge in [-0.3, -0.25) is 0 Å². The number of rotatable bonds is 5. The van der Waals surface area contributed by atoms with Crippen molar-refractivity contribution in [1.82, 2.24) is 0 Å². The van der Waals surface area contributed by atoms with Crippen molar-refractivity contribution in [3.05, 3.63) is 59.7 Å². The Morgan fingerprint density at radius 2 is 1.74 bits per heavy atom. The van der Waals surface area contributed by atoms with Gasteiger partial charge in [-0.05, 0) is 35.4 Å². The van der Waals surface area contributed by atoms with E-state index < -0.39 is 0 Å². The summed E-state index contributed by atoms with van der Waals surface area (Å²) in [6.07, 6.45) is 0. The molecule has 2 N–H and O–H groups in total. The Balaban J connectivity index is 2.08. The van der Waals surface area contributed by atoms with E-state index in [1.54, 1.807) is 7.11 Å². The molecule has 2 aromatic carbocycles. The zero-order valence-corrected chi connectivity index (χ0v) is 11.5. The monoisotopic (exact) mass is 256 g/mol. The zero-order chi connectivity index (χ0) is 13.7. The molecule has 0 aliphatic rings. The van der Waals surface area contributed by atoms with Crippen LogP contribution in [0.5, 0.6) is 5.75 Å². The quantitative estimate of drug-likeness (QED) is 0.894. The van der Waals surface area contributed by atoms with Crippen molar-refractivity contribution in [3.63, 3.8) is 0 Å². The van der Waals surface area contributed by atoms with Crippen molar-refractivity contribution in [2.45, 2.75) is 13.1 Å². The van der Waals surface area contributed by atoms with E-state index in [9.17, 15) is 0 Å². The highest BCUT2D eigenvalue weighted by Gasteiger charge is 2.03. The molecule has 0 unspecified atom stereocenters. The topological polar surface area (TPSA) is 38.5 Å². The summed E-state index contributed by atoms with van der Waals surface area (Å²) in [6.45, 7) is 1.44. The van der Waals surface area contributed by atoms with Crippen LogP contribution in [0.4, 0.5) is 5.69 Å². The van der Waals surface area contributed by atoms with E-state index in [0.717, 1.165) is 12.3 Å². The number of benzene rings is 2. The molecule has 0 amide bonds. The maximum Gasteiger partial charge on any atom is 0.119 e. The van der Waals surface area contributed by atoms with Crippen molar-refractivity contribution in [2.24, 2.45) is 5.73 Å². The zero-order valence-electron chi connectivity index (χ0n) is 11.5. The third-order valence-electron chi connectivity index (χ3n) is 3.16. The molecule has 0 heterocycles. The highest BCUT2D eigenvalue weighted by molar-refractivity contribution is 5.49. The van der Waals surface area contributed by atoms with Crippen LogP contribution in [0.2, 0.25) is 0 Å². The van der Waals surface area contributed by atoms with Gasteiger partial charge in [-0.2, -0.15) is 0 Å². The van der Waals surface area contributed by atoms with Gasteiger partial charge in [0.2, 0.25) is 0 Å². The van der Waals surface area contributed by atoms with Crippen molar-refractivity contribution >= 4 is 5.69 Å². The molecular weight excluding hydrogens is 236 g/mol. The molecule has 0 saturated carbocycles.